The summed E-state index contributed by atoms with van der Waals surface area (Å²) < 4.78 is 39.9. The molecule has 23 heavy (non-hydrogen) atoms. The SMILES string of the molecule is CC(C)c1cc(C(=O)N(CC(F)(F)F)C(C)C)nn1C(C)(C)C. The highest BCUT2D eigenvalue weighted by Gasteiger charge is 2.36. The molecule has 0 atom stereocenters. The molecule has 132 valence electrons. The molecule has 0 bridgehead atoms. The lowest BCUT2D eigenvalue weighted by molar-refractivity contribution is -0.143. The minimum Gasteiger partial charge on any atom is -0.326 e. The second-order valence-corrected chi connectivity index (χ2v) is 7.33. The molecule has 0 aliphatic heterocycles. The lowest BCUT2D eigenvalue weighted by atomic mass is 10.1. The lowest BCUT2D eigenvalue weighted by Crippen LogP contribution is -2.43. The van der Waals surface area contributed by atoms with Gasteiger partial charge in [-0.1, -0.05) is 13.8 Å². The van der Waals surface area contributed by atoms with Gasteiger partial charge in [-0.05, 0) is 46.6 Å². The minimum absolute atomic E-state index is 0.0570. The van der Waals surface area contributed by atoms with E-state index in [1.165, 1.54) is 0 Å². The molecule has 0 saturated heterocycles. The van der Waals surface area contributed by atoms with Crippen molar-refractivity contribution < 1.29 is 18.0 Å². The van der Waals surface area contributed by atoms with Crippen molar-refractivity contribution in [3.8, 4) is 0 Å². The molecule has 0 spiro atoms. The zero-order chi connectivity index (χ0) is 18.2. The van der Waals surface area contributed by atoms with Crippen LogP contribution in [0.2, 0.25) is 0 Å². The molecule has 0 N–H and O–H groups in total. The van der Waals surface area contributed by atoms with Crippen LogP contribution in [0.3, 0.4) is 0 Å². The topological polar surface area (TPSA) is 38.1 Å². The van der Waals surface area contributed by atoms with E-state index in [1.807, 2.05) is 34.6 Å². The summed E-state index contributed by atoms with van der Waals surface area (Å²) in [5.74, 6) is -0.583. The van der Waals surface area contributed by atoms with Crippen LogP contribution >= 0.6 is 0 Å². The number of rotatable bonds is 4. The first kappa shape index (κ1) is 19.5. The number of aromatic nitrogens is 2. The van der Waals surface area contributed by atoms with E-state index in [2.05, 4.69) is 5.10 Å². The maximum Gasteiger partial charge on any atom is 0.406 e. The number of hydrogen-bond acceptors (Lipinski definition) is 2. The van der Waals surface area contributed by atoms with Crippen LogP contribution in [0, 0.1) is 0 Å². The minimum atomic E-state index is -4.44. The molecule has 4 nitrogen and oxygen atoms in total. The fraction of sp³-hybridized carbons (Fsp3) is 0.750. The van der Waals surface area contributed by atoms with Gasteiger partial charge < -0.3 is 4.90 Å². The summed E-state index contributed by atoms with van der Waals surface area (Å²) in [5.41, 5.74) is 0.531. The van der Waals surface area contributed by atoms with Gasteiger partial charge in [0, 0.05) is 11.7 Å². The first-order chi connectivity index (χ1) is 10.2. The van der Waals surface area contributed by atoms with Crippen molar-refractivity contribution in [2.75, 3.05) is 6.54 Å². The Morgan fingerprint density at radius 2 is 1.74 bits per heavy atom. The Labute approximate surface area is 135 Å². The van der Waals surface area contributed by atoms with Crippen molar-refractivity contribution in [3.05, 3.63) is 17.5 Å². The third kappa shape index (κ3) is 4.97. The quantitative estimate of drug-likeness (QED) is 0.829. The number of alkyl halides is 3. The van der Waals surface area contributed by atoms with Gasteiger partial charge in [0.25, 0.3) is 5.91 Å². The van der Waals surface area contributed by atoms with Crippen LogP contribution in [-0.4, -0.2) is 39.4 Å². The molecule has 0 aromatic carbocycles. The van der Waals surface area contributed by atoms with Crippen LogP contribution in [0.4, 0.5) is 13.2 Å². The molecule has 0 aliphatic carbocycles. The van der Waals surface area contributed by atoms with Crippen LogP contribution in [0.1, 0.15) is 70.6 Å². The molecule has 0 radical (unpaired) electrons. The summed E-state index contributed by atoms with van der Waals surface area (Å²) in [5, 5.41) is 4.29. The van der Waals surface area contributed by atoms with E-state index in [0.717, 1.165) is 10.6 Å². The first-order valence-corrected chi connectivity index (χ1v) is 7.72. The van der Waals surface area contributed by atoms with Gasteiger partial charge in [0.2, 0.25) is 0 Å². The predicted molar refractivity (Wildman–Crippen MR) is 83.5 cm³/mol. The number of halogens is 3. The first-order valence-electron chi connectivity index (χ1n) is 7.72. The lowest BCUT2D eigenvalue weighted by Gasteiger charge is -2.27. The molecule has 1 aromatic heterocycles. The van der Waals surface area contributed by atoms with E-state index in [-0.39, 0.29) is 17.2 Å². The van der Waals surface area contributed by atoms with Gasteiger partial charge in [0.05, 0.1) is 5.54 Å². The monoisotopic (exact) mass is 333 g/mol. The fourth-order valence-corrected chi connectivity index (χ4v) is 2.28. The Hall–Kier alpha value is -1.53. The molecule has 0 unspecified atom stereocenters. The van der Waals surface area contributed by atoms with Crippen LogP contribution in [0.25, 0.3) is 0 Å². The van der Waals surface area contributed by atoms with Gasteiger partial charge in [-0.25, -0.2) is 0 Å². The largest absolute Gasteiger partial charge is 0.406 e. The van der Waals surface area contributed by atoms with E-state index in [0.29, 0.717) is 0 Å². The highest BCUT2D eigenvalue weighted by atomic mass is 19.4. The number of amides is 1. The summed E-state index contributed by atoms with van der Waals surface area (Å²) in [4.78, 5) is 13.3. The van der Waals surface area contributed by atoms with Crippen LogP contribution in [0.15, 0.2) is 6.07 Å². The van der Waals surface area contributed by atoms with E-state index < -0.39 is 24.7 Å². The van der Waals surface area contributed by atoms with Crippen molar-refractivity contribution >= 4 is 5.91 Å². The normalized spacial score (nSPS) is 13.0. The number of nitrogens with zero attached hydrogens (tertiary/aromatic N) is 3. The third-order valence-corrected chi connectivity index (χ3v) is 3.42. The van der Waals surface area contributed by atoms with Gasteiger partial charge in [0.1, 0.15) is 6.54 Å². The highest BCUT2D eigenvalue weighted by molar-refractivity contribution is 5.92. The van der Waals surface area contributed by atoms with Gasteiger partial charge in [-0.2, -0.15) is 18.3 Å². The van der Waals surface area contributed by atoms with Crippen LogP contribution < -0.4 is 0 Å². The molecule has 0 fully saturated rings. The Morgan fingerprint density at radius 3 is 2.04 bits per heavy atom. The zero-order valence-corrected chi connectivity index (χ0v) is 14.8. The number of carbonyl (C=O) groups is 1. The van der Waals surface area contributed by atoms with Crippen molar-refractivity contribution in [2.24, 2.45) is 0 Å². The Kier molecular flexibility index (Phi) is 5.54. The molecule has 1 aromatic rings. The van der Waals surface area contributed by atoms with Crippen LogP contribution in [-0.2, 0) is 5.54 Å². The Bertz CT molecular complexity index is 554. The van der Waals surface area contributed by atoms with E-state index in [4.69, 9.17) is 0 Å². The van der Waals surface area contributed by atoms with Gasteiger partial charge in [0.15, 0.2) is 5.69 Å². The Morgan fingerprint density at radius 1 is 1.22 bits per heavy atom. The molecule has 0 saturated carbocycles. The smallest absolute Gasteiger partial charge is 0.326 e. The van der Waals surface area contributed by atoms with Gasteiger partial charge in [-0.15, -0.1) is 0 Å². The maximum absolute atomic E-state index is 12.7. The summed E-state index contributed by atoms with van der Waals surface area (Å²) >= 11 is 0. The molecule has 1 heterocycles. The number of carbonyl (C=O) groups excluding carboxylic acids is 1. The molecular formula is C16H26F3N3O. The van der Waals surface area contributed by atoms with Crippen molar-refractivity contribution in [1.29, 1.82) is 0 Å². The molecule has 0 aliphatic rings. The average Bonchev–Trinajstić information content (AvgIpc) is 2.78. The molecular weight excluding hydrogens is 307 g/mol. The summed E-state index contributed by atoms with van der Waals surface area (Å²) in [6.07, 6.45) is -4.44. The zero-order valence-electron chi connectivity index (χ0n) is 14.8. The van der Waals surface area contributed by atoms with E-state index >= 15 is 0 Å². The summed E-state index contributed by atoms with van der Waals surface area (Å²) in [6.45, 7) is 11.6. The predicted octanol–water partition coefficient (Wildman–Crippen LogP) is 4.17. The second-order valence-electron chi connectivity index (χ2n) is 7.33. The van der Waals surface area contributed by atoms with Crippen molar-refractivity contribution in [1.82, 2.24) is 14.7 Å². The van der Waals surface area contributed by atoms with E-state index in [1.54, 1.807) is 24.6 Å². The summed E-state index contributed by atoms with van der Waals surface area (Å²) in [7, 11) is 0. The number of hydrogen-bond donors (Lipinski definition) is 0. The summed E-state index contributed by atoms with van der Waals surface area (Å²) in [6, 6.07) is 1.04. The highest BCUT2D eigenvalue weighted by Crippen LogP contribution is 2.25. The average molecular weight is 333 g/mol. The molecule has 1 amide bonds. The standard InChI is InChI=1S/C16H26F3N3O/c1-10(2)13-8-12(20-22(13)15(5,6)7)14(23)21(11(3)4)9-16(17,18)19/h8,10-11H,9H2,1-7H3. The van der Waals surface area contributed by atoms with Gasteiger partial charge >= 0.3 is 6.18 Å². The maximum atomic E-state index is 12.7. The van der Waals surface area contributed by atoms with Crippen molar-refractivity contribution in [3.63, 3.8) is 0 Å². The second kappa shape index (κ2) is 6.53. The van der Waals surface area contributed by atoms with E-state index in [9.17, 15) is 18.0 Å². The Balaban J connectivity index is 3.26. The van der Waals surface area contributed by atoms with Crippen LogP contribution in [0.5, 0.6) is 0 Å². The fourth-order valence-electron chi connectivity index (χ4n) is 2.28. The molecule has 1 rings (SSSR count). The molecule has 7 heteroatoms. The van der Waals surface area contributed by atoms with Crippen molar-refractivity contribution in [2.45, 2.75) is 72.1 Å². The third-order valence-electron chi connectivity index (χ3n) is 3.42. The van der Waals surface area contributed by atoms with Gasteiger partial charge in [-0.3, -0.25) is 9.48 Å².